The van der Waals surface area contributed by atoms with Crippen LogP contribution < -0.4 is 4.90 Å². The Kier molecular flexibility index (Phi) is 3.93. The van der Waals surface area contributed by atoms with Gasteiger partial charge in [-0.25, -0.2) is 0 Å². The Labute approximate surface area is 116 Å². The van der Waals surface area contributed by atoms with Gasteiger partial charge in [-0.3, -0.25) is 4.79 Å². The maximum atomic E-state index is 12.0. The summed E-state index contributed by atoms with van der Waals surface area (Å²) in [5, 5.41) is 0.601. The van der Waals surface area contributed by atoms with Gasteiger partial charge in [-0.1, -0.05) is 43.5 Å². The number of hydrogen-bond donors (Lipinski definition) is 0. The van der Waals surface area contributed by atoms with Crippen molar-refractivity contribution in [1.82, 2.24) is 0 Å². The van der Waals surface area contributed by atoms with E-state index in [1.54, 1.807) is 4.90 Å². The highest BCUT2D eigenvalue weighted by Crippen LogP contribution is 2.32. The van der Waals surface area contributed by atoms with E-state index in [4.69, 9.17) is 11.6 Å². The lowest BCUT2D eigenvalue weighted by Crippen LogP contribution is -2.41. The minimum absolute atomic E-state index is 0.0824. The number of carbonyl (C=O) groups excluding carboxylic acids is 1. The van der Waals surface area contributed by atoms with E-state index in [1.165, 1.54) is 0 Å². The van der Waals surface area contributed by atoms with Gasteiger partial charge >= 0.3 is 0 Å². The first-order valence-electron chi connectivity index (χ1n) is 5.00. The van der Waals surface area contributed by atoms with Crippen LogP contribution in [0, 0.1) is 0 Å². The highest BCUT2D eigenvalue weighted by atomic mass is 79.9. The van der Waals surface area contributed by atoms with Crippen molar-refractivity contribution in [3.63, 3.8) is 0 Å². The van der Waals surface area contributed by atoms with Crippen molar-refractivity contribution in [2.45, 2.75) is 17.7 Å². The third kappa shape index (κ3) is 2.44. The zero-order valence-corrected chi connectivity index (χ0v) is 12.3. The first kappa shape index (κ1) is 12.4. The van der Waals surface area contributed by atoms with Crippen LogP contribution in [-0.4, -0.2) is 17.3 Å². The van der Waals surface area contributed by atoms with E-state index in [-0.39, 0.29) is 10.7 Å². The molecule has 0 radical (unpaired) electrons. The Morgan fingerprint density at radius 1 is 1.44 bits per heavy atom. The van der Waals surface area contributed by atoms with E-state index in [0.717, 1.165) is 29.5 Å². The molecule has 1 amide bonds. The Morgan fingerprint density at radius 2 is 2.19 bits per heavy atom. The van der Waals surface area contributed by atoms with Crippen LogP contribution in [0.1, 0.15) is 12.8 Å². The van der Waals surface area contributed by atoms with Crippen molar-refractivity contribution in [1.29, 1.82) is 0 Å². The molecule has 1 aliphatic heterocycles. The number of piperidine rings is 1. The second-order valence-electron chi connectivity index (χ2n) is 3.70. The minimum Gasteiger partial charge on any atom is -0.310 e. The van der Waals surface area contributed by atoms with Gasteiger partial charge in [0.1, 0.15) is 0 Å². The van der Waals surface area contributed by atoms with Crippen LogP contribution in [-0.2, 0) is 4.79 Å². The fourth-order valence-corrected chi connectivity index (χ4v) is 3.12. The zero-order chi connectivity index (χ0) is 11.7. The SMILES string of the molecule is O=C1C(Br)CCCN1c1ccc(Br)cc1Cl. The molecule has 0 saturated carbocycles. The summed E-state index contributed by atoms with van der Waals surface area (Å²) in [6.07, 6.45) is 1.89. The predicted octanol–water partition coefficient (Wildman–Crippen LogP) is 3.99. The van der Waals surface area contributed by atoms with Gasteiger partial charge in [-0.15, -0.1) is 0 Å². The van der Waals surface area contributed by atoms with Crippen LogP contribution in [0.15, 0.2) is 22.7 Å². The molecule has 2 rings (SSSR count). The van der Waals surface area contributed by atoms with Crippen molar-refractivity contribution in [3.8, 4) is 0 Å². The lowest BCUT2D eigenvalue weighted by molar-refractivity contribution is -0.118. The minimum atomic E-state index is -0.0824. The van der Waals surface area contributed by atoms with Crippen LogP contribution in [0.4, 0.5) is 5.69 Å². The van der Waals surface area contributed by atoms with Crippen LogP contribution in [0.3, 0.4) is 0 Å². The molecule has 0 spiro atoms. The number of nitrogens with zero attached hydrogens (tertiary/aromatic N) is 1. The summed E-state index contributed by atoms with van der Waals surface area (Å²) in [5.41, 5.74) is 0.791. The van der Waals surface area contributed by atoms with Crippen molar-refractivity contribution in [2.24, 2.45) is 0 Å². The molecule has 1 aromatic rings. The van der Waals surface area contributed by atoms with Crippen LogP contribution >= 0.6 is 43.5 Å². The zero-order valence-electron chi connectivity index (χ0n) is 8.42. The van der Waals surface area contributed by atoms with Crippen LogP contribution in [0.5, 0.6) is 0 Å². The number of benzene rings is 1. The predicted molar refractivity (Wildman–Crippen MR) is 73.5 cm³/mol. The van der Waals surface area contributed by atoms with E-state index >= 15 is 0 Å². The molecule has 86 valence electrons. The smallest absolute Gasteiger partial charge is 0.240 e. The molecule has 0 aliphatic carbocycles. The Balaban J connectivity index is 2.32. The molecule has 5 heteroatoms. The topological polar surface area (TPSA) is 20.3 Å². The second kappa shape index (κ2) is 5.07. The van der Waals surface area contributed by atoms with Crippen molar-refractivity contribution in [2.75, 3.05) is 11.4 Å². The monoisotopic (exact) mass is 365 g/mol. The molecular weight excluding hydrogens is 357 g/mol. The average molecular weight is 367 g/mol. The number of halogens is 3. The lowest BCUT2D eigenvalue weighted by Gasteiger charge is -2.30. The summed E-state index contributed by atoms with van der Waals surface area (Å²) in [4.78, 5) is 13.6. The van der Waals surface area contributed by atoms with Gasteiger partial charge in [0.05, 0.1) is 15.5 Å². The number of alkyl halides is 1. The largest absolute Gasteiger partial charge is 0.310 e. The van der Waals surface area contributed by atoms with Gasteiger partial charge < -0.3 is 4.90 Å². The maximum absolute atomic E-state index is 12.0. The molecule has 1 saturated heterocycles. The maximum Gasteiger partial charge on any atom is 0.240 e. The molecule has 1 aromatic carbocycles. The fourth-order valence-electron chi connectivity index (χ4n) is 1.77. The molecule has 1 atom stereocenters. The highest BCUT2D eigenvalue weighted by Gasteiger charge is 2.28. The molecular formula is C11H10Br2ClNO. The number of amides is 1. The number of rotatable bonds is 1. The van der Waals surface area contributed by atoms with E-state index < -0.39 is 0 Å². The molecule has 0 N–H and O–H groups in total. The highest BCUT2D eigenvalue weighted by molar-refractivity contribution is 9.10. The molecule has 1 fully saturated rings. The Hall–Kier alpha value is -0.0600. The first-order chi connectivity index (χ1) is 7.59. The van der Waals surface area contributed by atoms with Gasteiger partial charge in [-0.2, -0.15) is 0 Å². The fraction of sp³-hybridized carbons (Fsp3) is 0.364. The second-order valence-corrected chi connectivity index (χ2v) is 6.12. The van der Waals surface area contributed by atoms with Crippen molar-refractivity contribution >= 4 is 55.1 Å². The summed E-state index contributed by atoms with van der Waals surface area (Å²) < 4.78 is 0.918. The van der Waals surface area contributed by atoms with E-state index in [0.29, 0.717) is 5.02 Å². The first-order valence-corrected chi connectivity index (χ1v) is 7.09. The van der Waals surface area contributed by atoms with E-state index in [9.17, 15) is 4.79 Å². The van der Waals surface area contributed by atoms with Gasteiger partial charge in [0.2, 0.25) is 5.91 Å². The van der Waals surface area contributed by atoms with E-state index in [2.05, 4.69) is 31.9 Å². The van der Waals surface area contributed by atoms with Crippen molar-refractivity contribution < 1.29 is 4.79 Å². The summed E-state index contributed by atoms with van der Waals surface area (Å²) in [6, 6.07) is 5.57. The molecule has 2 nitrogen and oxygen atoms in total. The summed E-state index contributed by atoms with van der Waals surface area (Å²) in [5.74, 6) is 0.0930. The average Bonchev–Trinajstić information content (AvgIpc) is 2.23. The van der Waals surface area contributed by atoms with Gasteiger partial charge in [0, 0.05) is 11.0 Å². The standard InChI is InChI=1S/C11H10Br2ClNO/c12-7-3-4-10(9(14)6-7)15-5-1-2-8(13)11(15)16/h3-4,6,8H,1-2,5H2. The Bertz CT molecular complexity index is 424. The normalized spacial score (nSPS) is 21.3. The third-order valence-electron chi connectivity index (χ3n) is 2.57. The number of hydrogen-bond acceptors (Lipinski definition) is 1. The summed E-state index contributed by atoms with van der Waals surface area (Å²) >= 11 is 12.9. The summed E-state index contributed by atoms with van der Waals surface area (Å²) in [6.45, 7) is 0.738. The quantitative estimate of drug-likeness (QED) is 0.687. The molecule has 1 aliphatic rings. The van der Waals surface area contributed by atoms with Gasteiger partial charge in [0.25, 0.3) is 0 Å². The summed E-state index contributed by atoms with van der Waals surface area (Å²) in [7, 11) is 0. The number of anilines is 1. The van der Waals surface area contributed by atoms with Crippen molar-refractivity contribution in [3.05, 3.63) is 27.7 Å². The van der Waals surface area contributed by atoms with Crippen LogP contribution in [0.25, 0.3) is 0 Å². The molecule has 1 unspecified atom stereocenters. The van der Waals surface area contributed by atoms with Gasteiger partial charge in [-0.05, 0) is 31.0 Å². The lowest BCUT2D eigenvalue weighted by atomic mass is 10.1. The molecule has 16 heavy (non-hydrogen) atoms. The van der Waals surface area contributed by atoms with Gasteiger partial charge in [0.15, 0.2) is 0 Å². The van der Waals surface area contributed by atoms with Crippen LogP contribution in [0.2, 0.25) is 5.02 Å². The third-order valence-corrected chi connectivity index (χ3v) is 4.22. The molecule has 0 aromatic heterocycles. The van der Waals surface area contributed by atoms with E-state index in [1.807, 2.05) is 18.2 Å². The molecule has 1 heterocycles. The molecule has 0 bridgehead atoms. The number of carbonyl (C=O) groups is 1. The Morgan fingerprint density at radius 3 is 2.88 bits per heavy atom.